The van der Waals surface area contributed by atoms with Crippen LogP contribution in [0.15, 0.2) is 36.4 Å². The number of ether oxygens (including phenoxy) is 3. The molecule has 0 unspecified atom stereocenters. The summed E-state index contributed by atoms with van der Waals surface area (Å²) in [6.07, 6.45) is 0. The van der Waals surface area contributed by atoms with Gasteiger partial charge < -0.3 is 19.5 Å². The molecule has 0 heterocycles. The van der Waals surface area contributed by atoms with E-state index in [9.17, 15) is 9.59 Å². The highest BCUT2D eigenvalue weighted by molar-refractivity contribution is 14.1. The zero-order chi connectivity index (χ0) is 18.4. The molecule has 7 heteroatoms. The Morgan fingerprint density at radius 1 is 1.08 bits per heavy atom. The van der Waals surface area contributed by atoms with Crippen molar-refractivity contribution in [2.75, 3.05) is 26.1 Å². The minimum atomic E-state index is -0.630. The van der Waals surface area contributed by atoms with Crippen LogP contribution in [0.3, 0.4) is 0 Å². The van der Waals surface area contributed by atoms with Crippen LogP contribution in [0.5, 0.6) is 11.5 Å². The van der Waals surface area contributed by atoms with Gasteiger partial charge in [-0.05, 0) is 59.8 Å². The summed E-state index contributed by atoms with van der Waals surface area (Å²) >= 11 is 2.15. The first-order valence-electron chi connectivity index (χ1n) is 7.39. The van der Waals surface area contributed by atoms with Gasteiger partial charge in [0.1, 0.15) is 11.5 Å². The third kappa shape index (κ3) is 5.09. The van der Waals surface area contributed by atoms with E-state index in [1.807, 2.05) is 25.1 Å². The van der Waals surface area contributed by atoms with Crippen LogP contribution >= 0.6 is 22.6 Å². The van der Waals surface area contributed by atoms with Crippen molar-refractivity contribution in [3.05, 3.63) is 51.1 Å². The number of rotatable bonds is 6. The van der Waals surface area contributed by atoms with Gasteiger partial charge in [-0.15, -0.1) is 0 Å². The van der Waals surface area contributed by atoms with Crippen molar-refractivity contribution in [3.8, 4) is 11.5 Å². The van der Waals surface area contributed by atoms with Gasteiger partial charge in [-0.2, -0.15) is 0 Å². The number of esters is 1. The van der Waals surface area contributed by atoms with Crippen LogP contribution in [0, 0.1) is 10.5 Å². The van der Waals surface area contributed by atoms with Gasteiger partial charge in [0, 0.05) is 14.8 Å². The molecule has 1 amide bonds. The SMILES string of the molecule is COc1cc(C(=O)OCC(=O)Nc2cccc(I)c2)cc(OC)c1C. The summed E-state index contributed by atoms with van der Waals surface area (Å²) in [5.74, 6) is -0.0278. The molecule has 0 aliphatic carbocycles. The molecule has 0 aromatic heterocycles. The number of carbonyl (C=O) groups excluding carboxylic acids is 2. The molecule has 2 aromatic carbocycles. The first kappa shape index (κ1) is 19.0. The second kappa shape index (κ2) is 8.70. The van der Waals surface area contributed by atoms with E-state index >= 15 is 0 Å². The van der Waals surface area contributed by atoms with Crippen molar-refractivity contribution in [1.82, 2.24) is 0 Å². The van der Waals surface area contributed by atoms with Crippen LogP contribution in [0.2, 0.25) is 0 Å². The standard InChI is InChI=1S/C18H18INO5/c1-11-15(23-2)7-12(8-16(11)24-3)18(22)25-10-17(21)20-14-6-4-5-13(19)9-14/h4-9H,10H2,1-3H3,(H,20,21). The number of hydrogen-bond acceptors (Lipinski definition) is 5. The summed E-state index contributed by atoms with van der Waals surface area (Å²) in [4.78, 5) is 24.1. The summed E-state index contributed by atoms with van der Waals surface area (Å²) in [7, 11) is 3.01. The second-order valence-electron chi connectivity index (χ2n) is 5.14. The minimum Gasteiger partial charge on any atom is -0.496 e. The Morgan fingerprint density at radius 3 is 2.28 bits per heavy atom. The Morgan fingerprint density at radius 2 is 1.72 bits per heavy atom. The highest BCUT2D eigenvalue weighted by atomic mass is 127. The smallest absolute Gasteiger partial charge is 0.338 e. The molecule has 1 N–H and O–H groups in total. The van der Waals surface area contributed by atoms with E-state index in [4.69, 9.17) is 14.2 Å². The van der Waals surface area contributed by atoms with E-state index in [2.05, 4.69) is 27.9 Å². The minimum absolute atomic E-state index is 0.251. The van der Waals surface area contributed by atoms with Crippen LogP contribution in [0.1, 0.15) is 15.9 Å². The lowest BCUT2D eigenvalue weighted by Gasteiger charge is -2.12. The quantitative estimate of drug-likeness (QED) is 0.534. The first-order valence-corrected chi connectivity index (χ1v) is 8.47. The fraction of sp³-hybridized carbons (Fsp3) is 0.222. The molecule has 2 rings (SSSR count). The van der Waals surface area contributed by atoms with Gasteiger partial charge in [-0.25, -0.2) is 4.79 Å². The monoisotopic (exact) mass is 455 g/mol. The maximum atomic E-state index is 12.2. The average molecular weight is 455 g/mol. The van der Waals surface area contributed by atoms with Gasteiger partial charge >= 0.3 is 5.97 Å². The van der Waals surface area contributed by atoms with E-state index < -0.39 is 11.9 Å². The van der Waals surface area contributed by atoms with Crippen LogP contribution in [-0.4, -0.2) is 32.7 Å². The summed E-state index contributed by atoms with van der Waals surface area (Å²) in [5.41, 5.74) is 1.67. The van der Waals surface area contributed by atoms with Crippen molar-refractivity contribution < 1.29 is 23.8 Å². The van der Waals surface area contributed by atoms with Gasteiger partial charge in [-0.1, -0.05) is 6.07 Å². The number of methoxy groups -OCH3 is 2. The molecular weight excluding hydrogens is 437 g/mol. The predicted molar refractivity (Wildman–Crippen MR) is 102 cm³/mol. The third-order valence-electron chi connectivity index (χ3n) is 3.43. The molecule has 0 fully saturated rings. The van der Waals surface area contributed by atoms with E-state index in [0.717, 1.165) is 9.13 Å². The van der Waals surface area contributed by atoms with Crippen molar-refractivity contribution in [2.45, 2.75) is 6.92 Å². The van der Waals surface area contributed by atoms with E-state index in [0.29, 0.717) is 17.2 Å². The van der Waals surface area contributed by atoms with Gasteiger partial charge in [0.05, 0.1) is 19.8 Å². The summed E-state index contributed by atoms with van der Waals surface area (Å²) in [6, 6.07) is 10.4. The fourth-order valence-electron chi connectivity index (χ4n) is 2.18. The molecule has 0 aliphatic heterocycles. The van der Waals surface area contributed by atoms with Crippen LogP contribution in [0.4, 0.5) is 5.69 Å². The molecule has 0 atom stereocenters. The topological polar surface area (TPSA) is 73.9 Å². The maximum Gasteiger partial charge on any atom is 0.338 e. The molecular formula is C18H18INO5. The lowest BCUT2D eigenvalue weighted by molar-refractivity contribution is -0.119. The number of halogens is 1. The molecule has 0 spiro atoms. The predicted octanol–water partition coefficient (Wildman–Crippen LogP) is 3.41. The Balaban J connectivity index is 2.01. The Hall–Kier alpha value is -2.29. The zero-order valence-electron chi connectivity index (χ0n) is 14.1. The summed E-state index contributed by atoms with van der Waals surface area (Å²) in [6.45, 7) is 1.43. The lowest BCUT2D eigenvalue weighted by Crippen LogP contribution is -2.21. The van der Waals surface area contributed by atoms with Crippen LogP contribution in [-0.2, 0) is 9.53 Å². The Bertz CT molecular complexity index is 766. The van der Waals surface area contributed by atoms with Gasteiger partial charge in [0.2, 0.25) is 0 Å². The number of hydrogen-bond donors (Lipinski definition) is 1. The normalized spacial score (nSPS) is 10.1. The molecule has 0 aliphatic rings. The number of benzene rings is 2. The molecule has 0 radical (unpaired) electrons. The highest BCUT2D eigenvalue weighted by Gasteiger charge is 2.16. The molecule has 0 bridgehead atoms. The fourth-order valence-corrected chi connectivity index (χ4v) is 2.72. The van der Waals surface area contributed by atoms with Gasteiger partial charge in [0.15, 0.2) is 6.61 Å². The Labute approximate surface area is 159 Å². The summed E-state index contributed by atoms with van der Waals surface area (Å²) in [5, 5.41) is 2.67. The molecule has 25 heavy (non-hydrogen) atoms. The van der Waals surface area contributed by atoms with E-state index in [-0.39, 0.29) is 12.2 Å². The Kier molecular flexibility index (Phi) is 6.63. The number of nitrogens with one attached hydrogen (secondary N) is 1. The molecule has 0 saturated heterocycles. The number of amides is 1. The third-order valence-corrected chi connectivity index (χ3v) is 4.10. The van der Waals surface area contributed by atoms with Crippen LogP contribution < -0.4 is 14.8 Å². The molecule has 0 saturated carbocycles. The van der Waals surface area contributed by atoms with E-state index in [1.165, 1.54) is 14.2 Å². The molecule has 6 nitrogen and oxygen atoms in total. The van der Waals surface area contributed by atoms with Crippen molar-refractivity contribution in [1.29, 1.82) is 0 Å². The van der Waals surface area contributed by atoms with Gasteiger partial charge in [0.25, 0.3) is 5.91 Å². The van der Waals surface area contributed by atoms with Crippen molar-refractivity contribution in [2.24, 2.45) is 0 Å². The highest BCUT2D eigenvalue weighted by Crippen LogP contribution is 2.29. The lowest BCUT2D eigenvalue weighted by atomic mass is 10.1. The van der Waals surface area contributed by atoms with Crippen LogP contribution in [0.25, 0.3) is 0 Å². The average Bonchev–Trinajstić information content (AvgIpc) is 2.60. The van der Waals surface area contributed by atoms with Gasteiger partial charge in [-0.3, -0.25) is 4.79 Å². The molecule has 132 valence electrons. The maximum absolute atomic E-state index is 12.2. The first-order chi connectivity index (χ1) is 11.9. The van der Waals surface area contributed by atoms with Crippen molar-refractivity contribution >= 4 is 40.2 Å². The number of carbonyl (C=O) groups is 2. The largest absolute Gasteiger partial charge is 0.496 e. The summed E-state index contributed by atoms with van der Waals surface area (Å²) < 4.78 is 16.5. The number of anilines is 1. The van der Waals surface area contributed by atoms with Crippen molar-refractivity contribution in [3.63, 3.8) is 0 Å². The van der Waals surface area contributed by atoms with E-state index in [1.54, 1.807) is 18.2 Å². The molecule has 2 aromatic rings. The zero-order valence-corrected chi connectivity index (χ0v) is 16.2. The second-order valence-corrected chi connectivity index (χ2v) is 6.39.